The summed E-state index contributed by atoms with van der Waals surface area (Å²) in [4.78, 5) is 12.2. The summed E-state index contributed by atoms with van der Waals surface area (Å²) in [6.45, 7) is 2.24. The third-order valence-electron chi connectivity index (χ3n) is 3.37. The number of rotatable bonds is 2. The molecule has 16 heavy (non-hydrogen) atoms. The third-order valence-corrected chi connectivity index (χ3v) is 5.34. The first-order valence-electron chi connectivity index (χ1n) is 5.44. The van der Waals surface area contributed by atoms with Crippen LogP contribution in [0, 0.1) is 0 Å². The number of amides is 1. The molecule has 2 fully saturated rings. The molecular weight excluding hydrogens is 232 g/mol. The van der Waals surface area contributed by atoms with Crippen molar-refractivity contribution in [2.45, 2.75) is 31.8 Å². The fraction of sp³-hybridized carbons (Fsp3) is 0.889. The molecule has 2 saturated heterocycles. The number of fused-ring (bicyclic) bond motifs is 2. The number of hydrogen-bond acceptors (Lipinski definition) is 3. The maximum absolute atomic E-state index is 11.9. The monoisotopic (exact) mass is 248 g/mol. The molecule has 2 rings (SSSR count). The summed E-state index contributed by atoms with van der Waals surface area (Å²) in [5.74, 6) is 0.0903. The molecule has 6 nitrogen and oxygen atoms in total. The van der Waals surface area contributed by atoms with E-state index in [1.54, 1.807) is 6.92 Å². The maximum Gasteiger partial charge on any atom is 0.407 e. The lowest BCUT2D eigenvalue weighted by Crippen LogP contribution is -2.57. The number of sulfonamides is 1. The smallest absolute Gasteiger partial charge is 0.407 e. The Bertz CT molecular complexity index is 380. The van der Waals surface area contributed by atoms with E-state index in [0.29, 0.717) is 13.1 Å². The van der Waals surface area contributed by atoms with Crippen LogP contribution in [0.25, 0.3) is 0 Å². The number of carbonyl (C=O) groups is 1. The van der Waals surface area contributed by atoms with Crippen LogP contribution >= 0.6 is 0 Å². The molecule has 0 saturated carbocycles. The van der Waals surface area contributed by atoms with Crippen LogP contribution in [0.3, 0.4) is 0 Å². The molecule has 2 unspecified atom stereocenters. The number of likely N-dealkylation sites (tertiary alicyclic amines) is 1. The molecule has 0 spiro atoms. The third kappa shape index (κ3) is 1.78. The van der Waals surface area contributed by atoms with Crippen molar-refractivity contribution in [3.05, 3.63) is 0 Å². The van der Waals surface area contributed by atoms with Gasteiger partial charge in [0.25, 0.3) is 0 Å². The zero-order valence-electron chi connectivity index (χ0n) is 9.16. The molecule has 1 N–H and O–H groups in total. The van der Waals surface area contributed by atoms with Crippen LogP contribution in [0.2, 0.25) is 0 Å². The van der Waals surface area contributed by atoms with Crippen molar-refractivity contribution in [2.75, 3.05) is 18.8 Å². The molecule has 2 atom stereocenters. The molecule has 0 aliphatic carbocycles. The first-order chi connectivity index (χ1) is 7.45. The molecular formula is C9H16N2O4S. The van der Waals surface area contributed by atoms with Crippen LogP contribution in [-0.2, 0) is 10.0 Å². The second kappa shape index (κ2) is 3.89. The Kier molecular flexibility index (Phi) is 2.83. The van der Waals surface area contributed by atoms with Gasteiger partial charge in [-0.05, 0) is 19.8 Å². The van der Waals surface area contributed by atoms with Gasteiger partial charge in [-0.15, -0.1) is 0 Å². The van der Waals surface area contributed by atoms with E-state index in [2.05, 4.69) is 0 Å². The Balaban J connectivity index is 2.20. The minimum atomic E-state index is -3.19. The number of carboxylic acid groups (broad SMARTS) is 1. The van der Waals surface area contributed by atoms with Gasteiger partial charge in [0.05, 0.1) is 5.75 Å². The highest BCUT2D eigenvalue weighted by Crippen LogP contribution is 2.32. The SMILES string of the molecule is CCS(=O)(=O)N1C2CCC1CN(C(=O)O)C2. The van der Waals surface area contributed by atoms with Crippen LogP contribution in [0.1, 0.15) is 19.8 Å². The second-order valence-electron chi connectivity index (χ2n) is 4.30. The van der Waals surface area contributed by atoms with E-state index in [4.69, 9.17) is 5.11 Å². The molecule has 7 heteroatoms. The largest absolute Gasteiger partial charge is 0.465 e. The fourth-order valence-corrected chi connectivity index (χ4v) is 4.17. The molecule has 2 aliphatic heterocycles. The van der Waals surface area contributed by atoms with Crippen LogP contribution in [0.5, 0.6) is 0 Å². The Morgan fingerprint density at radius 2 is 1.81 bits per heavy atom. The van der Waals surface area contributed by atoms with Gasteiger partial charge in [0.1, 0.15) is 0 Å². The summed E-state index contributed by atoms with van der Waals surface area (Å²) >= 11 is 0. The standard InChI is InChI=1S/C9H16N2O4S/c1-2-16(14,15)11-7-3-4-8(11)6-10(5-7)9(12)13/h7-8H,2-6H2,1H3,(H,12,13). The van der Waals surface area contributed by atoms with Crippen molar-refractivity contribution in [1.82, 2.24) is 9.21 Å². The summed E-state index contributed by atoms with van der Waals surface area (Å²) in [6, 6.07) is -0.306. The predicted molar refractivity (Wildman–Crippen MR) is 57.7 cm³/mol. The Morgan fingerprint density at radius 3 is 2.19 bits per heavy atom. The predicted octanol–water partition coefficient (Wildman–Crippen LogP) is 0.163. The van der Waals surface area contributed by atoms with E-state index in [1.807, 2.05) is 0 Å². The van der Waals surface area contributed by atoms with Crippen molar-refractivity contribution in [2.24, 2.45) is 0 Å². The van der Waals surface area contributed by atoms with Gasteiger partial charge in [-0.1, -0.05) is 0 Å². The van der Waals surface area contributed by atoms with E-state index in [9.17, 15) is 13.2 Å². The lowest BCUT2D eigenvalue weighted by atomic mass is 10.2. The number of hydrogen-bond donors (Lipinski definition) is 1. The zero-order valence-corrected chi connectivity index (χ0v) is 9.98. The molecule has 0 aromatic rings. The van der Waals surface area contributed by atoms with Crippen LogP contribution < -0.4 is 0 Å². The minimum Gasteiger partial charge on any atom is -0.465 e. The lowest BCUT2D eigenvalue weighted by Gasteiger charge is -2.38. The molecule has 2 aliphatic rings. The Labute approximate surface area is 94.9 Å². The van der Waals surface area contributed by atoms with Crippen molar-refractivity contribution >= 4 is 16.1 Å². The van der Waals surface area contributed by atoms with Gasteiger partial charge in [-0.3, -0.25) is 0 Å². The molecule has 92 valence electrons. The number of nitrogens with zero attached hydrogens (tertiary/aromatic N) is 2. The van der Waals surface area contributed by atoms with Gasteiger partial charge in [0.15, 0.2) is 0 Å². The Morgan fingerprint density at radius 1 is 1.31 bits per heavy atom. The molecule has 0 aromatic heterocycles. The normalized spacial score (nSPS) is 30.7. The van der Waals surface area contributed by atoms with E-state index >= 15 is 0 Å². The van der Waals surface area contributed by atoms with E-state index in [-0.39, 0.29) is 17.8 Å². The van der Waals surface area contributed by atoms with Crippen molar-refractivity contribution < 1.29 is 18.3 Å². The highest BCUT2D eigenvalue weighted by atomic mass is 32.2. The maximum atomic E-state index is 11.9. The quantitative estimate of drug-likeness (QED) is 0.755. The first-order valence-corrected chi connectivity index (χ1v) is 7.05. The summed E-state index contributed by atoms with van der Waals surface area (Å²) in [5, 5.41) is 8.91. The summed E-state index contributed by atoms with van der Waals surface area (Å²) in [5.41, 5.74) is 0. The van der Waals surface area contributed by atoms with Crippen LogP contribution in [-0.4, -0.2) is 59.7 Å². The number of piperazine rings is 1. The first kappa shape index (κ1) is 11.7. The van der Waals surface area contributed by atoms with Crippen LogP contribution in [0.4, 0.5) is 4.79 Å². The topological polar surface area (TPSA) is 77.9 Å². The lowest BCUT2D eigenvalue weighted by molar-refractivity contribution is 0.102. The minimum absolute atomic E-state index is 0.0903. The van der Waals surface area contributed by atoms with Crippen molar-refractivity contribution in [3.8, 4) is 0 Å². The summed E-state index contributed by atoms with van der Waals surface area (Å²) in [6.07, 6.45) is 0.590. The second-order valence-corrected chi connectivity index (χ2v) is 6.47. The molecule has 0 aromatic carbocycles. The molecule has 1 amide bonds. The fourth-order valence-electron chi connectivity index (χ4n) is 2.62. The van der Waals surface area contributed by atoms with Crippen molar-refractivity contribution in [1.29, 1.82) is 0 Å². The Hall–Kier alpha value is -0.820. The van der Waals surface area contributed by atoms with Gasteiger partial charge in [-0.25, -0.2) is 13.2 Å². The average Bonchev–Trinajstić information content (AvgIpc) is 2.51. The van der Waals surface area contributed by atoms with Gasteiger partial charge >= 0.3 is 6.09 Å². The molecule has 2 bridgehead atoms. The highest BCUT2D eigenvalue weighted by molar-refractivity contribution is 7.89. The van der Waals surface area contributed by atoms with E-state index < -0.39 is 16.1 Å². The van der Waals surface area contributed by atoms with E-state index in [0.717, 1.165) is 12.8 Å². The van der Waals surface area contributed by atoms with Crippen molar-refractivity contribution in [3.63, 3.8) is 0 Å². The van der Waals surface area contributed by atoms with E-state index in [1.165, 1.54) is 9.21 Å². The summed E-state index contributed by atoms with van der Waals surface area (Å²) < 4.78 is 25.2. The van der Waals surface area contributed by atoms with Gasteiger partial charge in [0.2, 0.25) is 10.0 Å². The molecule has 0 radical (unpaired) electrons. The molecule has 2 heterocycles. The van der Waals surface area contributed by atoms with Crippen LogP contribution in [0.15, 0.2) is 0 Å². The highest BCUT2D eigenvalue weighted by Gasteiger charge is 2.46. The average molecular weight is 248 g/mol. The zero-order chi connectivity index (χ0) is 11.9. The van der Waals surface area contributed by atoms with Gasteiger partial charge < -0.3 is 10.0 Å². The van der Waals surface area contributed by atoms with Gasteiger partial charge in [-0.2, -0.15) is 4.31 Å². The van der Waals surface area contributed by atoms with Gasteiger partial charge in [0, 0.05) is 25.2 Å². The summed E-state index contributed by atoms with van der Waals surface area (Å²) in [7, 11) is -3.19.